The van der Waals surface area contributed by atoms with E-state index in [1.807, 2.05) is 74.5 Å². The highest BCUT2D eigenvalue weighted by molar-refractivity contribution is 7.93. The van der Waals surface area contributed by atoms with Crippen molar-refractivity contribution in [1.29, 1.82) is 0 Å². The lowest BCUT2D eigenvalue weighted by Crippen LogP contribution is -2.61. The van der Waals surface area contributed by atoms with Gasteiger partial charge in [-0.05, 0) is 41.5 Å². The molecule has 0 aliphatic heterocycles. The summed E-state index contributed by atoms with van der Waals surface area (Å²) in [4.78, 5) is 42.1. The summed E-state index contributed by atoms with van der Waals surface area (Å²) < 4.78 is 36.8. The van der Waals surface area contributed by atoms with Gasteiger partial charge in [0.1, 0.15) is 24.3 Å². The van der Waals surface area contributed by atoms with E-state index < -0.39 is 32.7 Å². The molecule has 238 valence electrons. The molecule has 0 saturated heterocycles. The Balaban J connectivity index is 1.25. The Morgan fingerprint density at radius 2 is 1.31 bits per heavy atom. The number of benzene rings is 3. The van der Waals surface area contributed by atoms with Crippen molar-refractivity contribution in [2.75, 3.05) is 0 Å². The third-order valence-corrected chi connectivity index (χ3v) is 10.5. The highest BCUT2D eigenvalue weighted by Gasteiger charge is 2.61. The molecule has 0 bridgehead atoms. The number of unbranched alkanes of at least 4 members (excludes halogenated alkanes) is 3. The summed E-state index contributed by atoms with van der Waals surface area (Å²) in [5, 5.41) is 1.54. The summed E-state index contributed by atoms with van der Waals surface area (Å²) in [7, 11) is -3.75. The number of alkyl carbamates (subject to hydrolysis) is 1. The molecule has 3 aromatic carbocycles. The fourth-order valence-electron chi connectivity index (χ4n) is 5.70. The average molecular weight is 633 g/mol. The number of nitrogens with one attached hydrogen (secondary N) is 1. The number of hydrogen-bond acceptors (Lipinski definition) is 7. The Labute approximate surface area is 265 Å². The summed E-state index contributed by atoms with van der Waals surface area (Å²) in [5.41, 5.74) is 0.982. The molecule has 2 atom stereocenters. The van der Waals surface area contributed by atoms with Gasteiger partial charge in [-0.25, -0.2) is 18.0 Å². The molecule has 10 heteroatoms. The van der Waals surface area contributed by atoms with Crippen molar-refractivity contribution in [3.63, 3.8) is 0 Å². The predicted molar refractivity (Wildman–Crippen MR) is 171 cm³/mol. The van der Waals surface area contributed by atoms with Crippen LogP contribution in [-0.4, -0.2) is 37.5 Å². The predicted octanol–water partition coefficient (Wildman–Crippen LogP) is 7.06. The number of nitrogens with zero attached hydrogens (tertiary/aromatic N) is 1. The first-order valence-corrected chi connectivity index (χ1v) is 16.7. The van der Waals surface area contributed by atoms with E-state index in [0.29, 0.717) is 19.3 Å². The zero-order valence-electron chi connectivity index (χ0n) is 25.7. The van der Waals surface area contributed by atoms with Gasteiger partial charge in [0, 0.05) is 12.3 Å². The van der Waals surface area contributed by atoms with Gasteiger partial charge in [-0.1, -0.05) is 112 Å². The van der Waals surface area contributed by atoms with Gasteiger partial charge in [0.2, 0.25) is 0 Å². The zero-order valence-corrected chi connectivity index (χ0v) is 26.5. The molecule has 45 heavy (non-hydrogen) atoms. The lowest BCUT2D eigenvalue weighted by molar-refractivity contribution is -0.139. The van der Waals surface area contributed by atoms with Crippen molar-refractivity contribution >= 4 is 33.6 Å². The van der Waals surface area contributed by atoms with E-state index in [2.05, 4.69) is 10.3 Å². The van der Waals surface area contributed by atoms with E-state index in [0.717, 1.165) is 30.4 Å². The van der Waals surface area contributed by atoms with Crippen molar-refractivity contribution in [2.45, 2.75) is 75.7 Å². The van der Waals surface area contributed by atoms with Gasteiger partial charge in [0.15, 0.2) is 15.6 Å². The fraction of sp³-hybridized carbons (Fsp3) is 0.371. The van der Waals surface area contributed by atoms with Crippen LogP contribution < -0.4 is 5.32 Å². The number of hydrogen-bond donors (Lipinski definition) is 1. The zero-order chi connectivity index (χ0) is 32.3. The van der Waals surface area contributed by atoms with Crippen LogP contribution in [-0.2, 0) is 37.3 Å². The molecule has 1 aliphatic carbocycles. The standard InChI is InChI=1S/C35H40N2O7S/c1-35(2)29(31(38)32(35)45(41,42)28-20-12-7-13-21-28)22-14-3-4-15-23-30(36-33(39)43-24-26-16-8-5-9-17-26)37-34(40)44-25-27-18-10-6-11-19-27/h5-13,16-21,29,32H,3-4,14-15,22-25H2,1-2H3,(H,36,37,39,40)/t29-,32?/m0/s1. The summed E-state index contributed by atoms with van der Waals surface area (Å²) in [5.74, 6) is -0.389. The molecule has 1 N–H and O–H groups in total. The second-order valence-electron chi connectivity index (χ2n) is 11.8. The van der Waals surface area contributed by atoms with Crippen molar-refractivity contribution in [2.24, 2.45) is 16.3 Å². The topological polar surface area (TPSA) is 128 Å². The Morgan fingerprint density at radius 3 is 1.89 bits per heavy atom. The van der Waals surface area contributed by atoms with E-state index in [-0.39, 0.29) is 35.6 Å². The molecule has 4 rings (SSSR count). The average Bonchev–Trinajstić information content (AvgIpc) is 3.03. The molecular weight excluding hydrogens is 592 g/mol. The molecular formula is C35H40N2O7S. The van der Waals surface area contributed by atoms with Crippen LogP contribution in [0.25, 0.3) is 0 Å². The largest absolute Gasteiger partial charge is 0.444 e. The molecule has 0 aromatic heterocycles. The number of ether oxygens (including phenoxy) is 2. The molecule has 1 fully saturated rings. The van der Waals surface area contributed by atoms with Gasteiger partial charge < -0.3 is 9.47 Å². The quantitative estimate of drug-likeness (QED) is 0.121. The fourth-order valence-corrected chi connectivity index (χ4v) is 7.94. The number of Topliss-reactive ketones (excluding diaryl/α,β-unsaturated/α-hetero) is 1. The third kappa shape index (κ3) is 9.11. The number of ketones is 1. The minimum atomic E-state index is -3.75. The number of carbonyl (C=O) groups excluding carboxylic acids is 3. The van der Waals surface area contributed by atoms with E-state index in [9.17, 15) is 22.8 Å². The first-order valence-electron chi connectivity index (χ1n) is 15.2. The molecule has 0 heterocycles. The first-order chi connectivity index (χ1) is 21.6. The summed E-state index contributed by atoms with van der Waals surface area (Å²) in [6, 6.07) is 26.6. The van der Waals surface area contributed by atoms with E-state index >= 15 is 0 Å². The van der Waals surface area contributed by atoms with Crippen LogP contribution in [0.15, 0.2) is 101 Å². The molecule has 1 unspecified atom stereocenters. The van der Waals surface area contributed by atoms with Gasteiger partial charge in [0.25, 0.3) is 0 Å². The van der Waals surface area contributed by atoms with Crippen molar-refractivity contribution < 1.29 is 32.3 Å². The van der Waals surface area contributed by atoms with E-state index in [4.69, 9.17) is 9.47 Å². The number of carbonyl (C=O) groups is 3. The van der Waals surface area contributed by atoms with Crippen LogP contribution in [0.5, 0.6) is 0 Å². The number of sulfone groups is 1. The van der Waals surface area contributed by atoms with Crippen molar-refractivity contribution in [3.05, 3.63) is 102 Å². The lowest BCUT2D eigenvalue weighted by Gasteiger charge is -2.49. The second kappa shape index (κ2) is 15.6. The number of aliphatic imine (C=N–C) groups is 1. The van der Waals surface area contributed by atoms with Gasteiger partial charge in [-0.15, -0.1) is 0 Å². The smallest absolute Gasteiger partial charge is 0.435 e. The Bertz CT molecular complexity index is 1570. The summed E-state index contributed by atoms with van der Waals surface area (Å²) >= 11 is 0. The number of amidine groups is 1. The van der Waals surface area contributed by atoms with Crippen molar-refractivity contribution in [3.8, 4) is 0 Å². The molecule has 2 amide bonds. The van der Waals surface area contributed by atoms with E-state index in [1.54, 1.807) is 18.2 Å². The normalized spacial score (nSPS) is 17.6. The van der Waals surface area contributed by atoms with Gasteiger partial charge >= 0.3 is 12.2 Å². The Morgan fingerprint density at radius 1 is 0.778 bits per heavy atom. The maximum absolute atomic E-state index is 13.1. The van der Waals surface area contributed by atoms with Crippen LogP contribution in [0, 0.1) is 11.3 Å². The van der Waals surface area contributed by atoms with Crippen LogP contribution in [0.2, 0.25) is 0 Å². The summed E-state index contributed by atoms with van der Waals surface area (Å²) in [6.07, 6.45) is 2.29. The maximum Gasteiger partial charge on any atom is 0.435 e. The molecule has 1 saturated carbocycles. The SMILES string of the molecule is CC1(C)C(S(=O)(=O)c2ccccc2)C(=O)[C@@H]1CCCCCC/C(=N\C(=O)OCc1ccccc1)NC(=O)OCc1ccccc1. The third-order valence-electron chi connectivity index (χ3n) is 8.10. The molecule has 0 spiro atoms. The minimum absolute atomic E-state index is 0.0542. The molecule has 0 radical (unpaired) electrons. The van der Waals surface area contributed by atoms with Crippen LogP contribution in [0.3, 0.4) is 0 Å². The van der Waals surface area contributed by atoms with Crippen LogP contribution >= 0.6 is 0 Å². The molecule has 1 aliphatic rings. The Kier molecular flexibility index (Phi) is 11.6. The second-order valence-corrected chi connectivity index (χ2v) is 13.8. The van der Waals surface area contributed by atoms with Gasteiger partial charge in [-0.3, -0.25) is 10.1 Å². The molecule has 3 aromatic rings. The van der Waals surface area contributed by atoms with Crippen LogP contribution in [0.4, 0.5) is 9.59 Å². The highest BCUT2D eigenvalue weighted by Crippen LogP contribution is 2.50. The van der Waals surface area contributed by atoms with Gasteiger partial charge in [-0.2, -0.15) is 4.99 Å². The maximum atomic E-state index is 13.1. The van der Waals surface area contributed by atoms with Crippen molar-refractivity contribution in [1.82, 2.24) is 5.32 Å². The minimum Gasteiger partial charge on any atom is -0.444 e. The summed E-state index contributed by atoms with van der Waals surface area (Å²) in [6.45, 7) is 3.83. The first kappa shape index (κ1) is 33.6. The van der Waals surface area contributed by atoms with Gasteiger partial charge in [0.05, 0.1) is 4.90 Å². The number of amides is 2. The Hall–Kier alpha value is -4.31. The van der Waals surface area contributed by atoms with E-state index in [1.165, 1.54) is 12.1 Å². The highest BCUT2D eigenvalue weighted by atomic mass is 32.2. The molecule has 9 nitrogen and oxygen atoms in total. The lowest BCUT2D eigenvalue weighted by atomic mass is 9.59. The van der Waals surface area contributed by atoms with Crippen LogP contribution in [0.1, 0.15) is 63.5 Å². The number of rotatable bonds is 13. The monoisotopic (exact) mass is 632 g/mol.